The minimum Gasteiger partial charge on any atom is -0.322 e. The Morgan fingerprint density at radius 1 is 1.39 bits per heavy atom. The van der Waals surface area contributed by atoms with Crippen molar-refractivity contribution in [3.8, 4) is 0 Å². The average Bonchev–Trinajstić information content (AvgIpc) is 2.41. The maximum absolute atomic E-state index is 12.1. The van der Waals surface area contributed by atoms with Gasteiger partial charge in [0, 0.05) is 29.5 Å². The van der Waals surface area contributed by atoms with Gasteiger partial charge in [-0.1, -0.05) is 12.1 Å². The van der Waals surface area contributed by atoms with E-state index in [2.05, 4.69) is 10.3 Å². The zero-order valence-electron chi connectivity index (χ0n) is 9.98. The Morgan fingerprint density at radius 2 is 2.22 bits per heavy atom. The molecule has 2 aromatic rings. The Hall–Kier alpha value is -1.87. The number of aromatic nitrogens is 1. The summed E-state index contributed by atoms with van der Waals surface area (Å²) in [6, 6.07) is 9.05. The lowest BCUT2D eigenvalue weighted by Gasteiger charge is -2.08. The molecule has 1 N–H and O–H groups in total. The van der Waals surface area contributed by atoms with Gasteiger partial charge >= 0.3 is 0 Å². The normalized spacial score (nSPS) is 10.1. The molecule has 0 radical (unpaired) electrons. The van der Waals surface area contributed by atoms with Gasteiger partial charge in [-0.2, -0.15) is 0 Å². The summed E-state index contributed by atoms with van der Waals surface area (Å²) in [5.74, 6) is 0.256. The zero-order valence-corrected chi connectivity index (χ0v) is 10.7. The molecule has 92 valence electrons. The fourth-order valence-electron chi connectivity index (χ4n) is 1.60. The Bertz CT molecular complexity index is 569. The fourth-order valence-corrected chi connectivity index (χ4v) is 1.77. The molecule has 4 heteroatoms. The van der Waals surface area contributed by atoms with Crippen LogP contribution in [0.2, 0.25) is 0 Å². The predicted molar refractivity (Wildman–Crippen MR) is 72.9 cm³/mol. The van der Waals surface area contributed by atoms with Crippen molar-refractivity contribution in [3.63, 3.8) is 0 Å². The Balaban J connectivity index is 2.19. The number of carbonyl (C=O) groups is 1. The van der Waals surface area contributed by atoms with Gasteiger partial charge in [0.2, 0.25) is 0 Å². The molecule has 1 heterocycles. The number of hydrogen-bond donors (Lipinski definition) is 1. The number of halogens is 1. The Morgan fingerprint density at radius 3 is 2.94 bits per heavy atom. The number of pyridine rings is 1. The van der Waals surface area contributed by atoms with Crippen LogP contribution in [-0.2, 0) is 5.88 Å². The van der Waals surface area contributed by atoms with Crippen LogP contribution in [0.15, 0.2) is 42.7 Å². The highest BCUT2D eigenvalue weighted by molar-refractivity contribution is 6.17. The Labute approximate surface area is 111 Å². The van der Waals surface area contributed by atoms with Crippen LogP contribution in [0.25, 0.3) is 0 Å². The first-order valence-electron chi connectivity index (χ1n) is 5.57. The number of nitrogens with zero attached hydrogens (tertiary/aromatic N) is 1. The van der Waals surface area contributed by atoms with Crippen molar-refractivity contribution in [2.24, 2.45) is 0 Å². The molecule has 3 nitrogen and oxygen atoms in total. The van der Waals surface area contributed by atoms with Crippen LogP contribution in [0.4, 0.5) is 5.69 Å². The van der Waals surface area contributed by atoms with E-state index in [1.807, 2.05) is 19.1 Å². The highest BCUT2D eigenvalue weighted by Crippen LogP contribution is 2.14. The van der Waals surface area contributed by atoms with E-state index >= 15 is 0 Å². The summed E-state index contributed by atoms with van der Waals surface area (Å²) in [4.78, 5) is 16.0. The molecule has 1 aromatic heterocycles. The molecule has 0 aliphatic carbocycles. The molecule has 0 saturated carbocycles. The number of nitrogens with one attached hydrogen (secondary N) is 1. The maximum Gasteiger partial charge on any atom is 0.255 e. The lowest BCUT2D eigenvalue weighted by Crippen LogP contribution is -2.13. The van der Waals surface area contributed by atoms with Gasteiger partial charge in [0.25, 0.3) is 5.91 Å². The molecular weight excluding hydrogens is 248 g/mol. The van der Waals surface area contributed by atoms with Gasteiger partial charge < -0.3 is 5.32 Å². The number of alkyl halides is 1. The first-order chi connectivity index (χ1) is 8.70. The summed E-state index contributed by atoms with van der Waals surface area (Å²) in [7, 11) is 0. The minimum absolute atomic E-state index is 0.142. The average molecular weight is 261 g/mol. The SMILES string of the molecule is Cc1cnccc1NC(=O)c1cccc(CCl)c1. The molecule has 1 aromatic carbocycles. The predicted octanol–water partition coefficient (Wildman–Crippen LogP) is 3.38. The molecule has 0 spiro atoms. The van der Waals surface area contributed by atoms with Crippen LogP contribution in [0.3, 0.4) is 0 Å². The van der Waals surface area contributed by atoms with Gasteiger partial charge in [0.05, 0.1) is 0 Å². The van der Waals surface area contributed by atoms with Gasteiger partial charge in [-0.25, -0.2) is 0 Å². The van der Waals surface area contributed by atoms with Gasteiger partial charge in [-0.3, -0.25) is 9.78 Å². The van der Waals surface area contributed by atoms with Crippen molar-refractivity contribution < 1.29 is 4.79 Å². The van der Waals surface area contributed by atoms with E-state index in [0.29, 0.717) is 11.4 Å². The van der Waals surface area contributed by atoms with Gasteiger partial charge in [-0.15, -0.1) is 11.6 Å². The quantitative estimate of drug-likeness (QED) is 0.860. The van der Waals surface area contributed by atoms with Crippen LogP contribution in [-0.4, -0.2) is 10.9 Å². The van der Waals surface area contributed by atoms with E-state index in [4.69, 9.17) is 11.6 Å². The van der Waals surface area contributed by atoms with Crippen LogP contribution in [0, 0.1) is 6.92 Å². The van der Waals surface area contributed by atoms with Gasteiger partial charge in [-0.05, 0) is 36.2 Å². The van der Waals surface area contributed by atoms with Crippen molar-refractivity contribution >= 4 is 23.2 Å². The van der Waals surface area contributed by atoms with Crippen molar-refractivity contribution in [3.05, 3.63) is 59.4 Å². The second-order valence-corrected chi connectivity index (χ2v) is 4.25. The topological polar surface area (TPSA) is 42.0 Å². The second kappa shape index (κ2) is 5.65. The number of hydrogen-bond acceptors (Lipinski definition) is 2. The first kappa shape index (κ1) is 12.6. The van der Waals surface area contributed by atoms with E-state index in [0.717, 1.165) is 16.8 Å². The van der Waals surface area contributed by atoms with E-state index in [-0.39, 0.29) is 5.91 Å². The summed E-state index contributed by atoms with van der Waals surface area (Å²) in [5.41, 5.74) is 3.23. The molecule has 0 aliphatic rings. The van der Waals surface area contributed by atoms with Gasteiger partial charge in [0.15, 0.2) is 0 Å². The second-order valence-electron chi connectivity index (χ2n) is 3.98. The third kappa shape index (κ3) is 2.87. The van der Waals surface area contributed by atoms with E-state index < -0.39 is 0 Å². The van der Waals surface area contributed by atoms with E-state index in [1.165, 1.54) is 0 Å². The Kier molecular flexibility index (Phi) is 3.95. The van der Waals surface area contributed by atoms with Crippen molar-refractivity contribution in [1.82, 2.24) is 4.98 Å². The van der Waals surface area contributed by atoms with Crippen LogP contribution >= 0.6 is 11.6 Å². The third-order valence-electron chi connectivity index (χ3n) is 2.61. The van der Waals surface area contributed by atoms with E-state index in [9.17, 15) is 4.79 Å². The molecule has 0 saturated heterocycles. The lowest BCUT2D eigenvalue weighted by molar-refractivity contribution is 0.102. The van der Waals surface area contributed by atoms with E-state index in [1.54, 1.807) is 30.6 Å². The molecule has 18 heavy (non-hydrogen) atoms. The molecule has 1 amide bonds. The molecular formula is C14H13ClN2O. The molecule has 0 fully saturated rings. The maximum atomic E-state index is 12.1. The number of amides is 1. The van der Waals surface area contributed by atoms with Crippen molar-refractivity contribution in [2.45, 2.75) is 12.8 Å². The largest absolute Gasteiger partial charge is 0.322 e. The number of aryl methyl sites for hydroxylation is 1. The summed E-state index contributed by atoms with van der Waals surface area (Å²) in [5, 5.41) is 2.86. The fraction of sp³-hybridized carbons (Fsp3) is 0.143. The third-order valence-corrected chi connectivity index (χ3v) is 2.92. The molecule has 2 rings (SSSR count). The van der Waals surface area contributed by atoms with Crippen LogP contribution in [0.1, 0.15) is 21.5 Å². The lowest BCUT2D eigenvalue weighted by atomic mass is 10.1. The minimum atomic E-state index is -0.142. The van der Waals surface area contributed by atoms with Crippen LogP contribution in [0.5, 0.6) is 0 Å². The molecule has 0 bridgehead atoms. The summed E-state index contributed by atoms with van der Waals surface area (Å²) < 4.78 is 0. The summed E-state index contributed by atoms with van der Waals surface area (Å²) in [6.45, 7) is 1.90. The van der Waals surface area contributed by atoms with Crippen molar-refractivity contribution in [1.29, 1.82) is 0 Å². The number of carbonyl (C=O) groups excluding carboxylic acids is 1. The first-order valence-corrected chi connectivity index (χ1v) is 6.11. The number of rotatable bonds is 3. The monoisotopic (exact) mass is 260 g/mol. The van der Waals surface area contributed by atoms with Crippen molar-refractivity contribution in [2.75, 3.05) is 5.32 Å². The highest BCUT2D eigenvalue weighted by atomic mass is 35.5. The number of benzene rings is 1. The highest BCUT2D eigenvalue weighted by Gasteiger charge is 2.07. The summed E-state index contributed by atoms with van der Waals surface area (Å²) >= 11 is 5.75. The summed E-state index contributed by atoms with van der Waals surface area (Å²) in [6.07, 6.45) is 3.36. The molecule has 0 atom stereocenters. The van der Waals surface area contributed by atoms with Gasteiger partial charge in [0.1, 0.15) is 0 Å². The molecule has 0 unspecified atom stereocenters. The molecule has 0 aliphatic heterocycles. The standard InChI is InChI=1S/C14H13ClN2O/c1-10-9-16-6-5-13(10)17-14(18)12-4-2-3-11(7-12)8-15/h2-7,9H,8H2,1H3,(H,16,17,18). The number of anilines is 1. The van der Waals surface area contributed by atoms with Crippen LogP contribution < -0.4 is 5.32 Å². The zero-order chi connectivity index (χ0) is 13.0. The smallest absolute Gasteiger partial charge is 0.255 e.